The lowest BCUT2D eigenvalue weighted by Crippen LogP contribution is -2.05. The molecule has 2 N–H and O–H groups in total. The van der Waals surface area contributed by atoms with Crippen LogP contribution in [0.3, 0.4) is 0 Å². The van der Waals surface area contributed by atoms with Gasteiger partial charge in [-0.3, -0.25) is 15.1 Å². The highest BCUT2D eigenvalue weighted by Crippen LogP contribution is 2.30. The van der Waals surface area contributed by atoms with E-state index in [1.54, 1.807) is 18.5 Å². The topological polar surface area (TPSA) is 91.3 Å². The summed E-state index contributed by atoms with van der Waals surface area (Å²) in [5, 5.41) is 10.7. The Morgan fingerprint density at radius 3 is 2.84 bits per heavy atom. The number of pyridine rings is 1. The summed E-state index contributed by atoms with van der Waals surface area (Å²) >= 11 is 0. The van der Waals surface area contributed by atoms with Crippen LogP contribution in [0, 0.1) is 10.1 Å². The molecule has 6 nitrogen and oxygen atoms in total. The van der Waals surface area contributed by atoms with Crippen LogP contribution in [0.1, 0.15) is 18.6 Å². The number of rotatable bonds is 4. The number of nitrogen functional groups attached to an aromatic ring is 1. The average molecular weight is 259 g/mol. The van der Waals surface area contributed by atoms with Gasteiger partial charge in [0.05, 0.1) is 16.7 Å². The molecule has 0 saturated heterocycles. The maximum Gasteiger partial charge on any atom is 0.273 e. The number of anilines is 1. The van der Waals surface area contributed by atoms with Gasteiger partial charge < -0.3 is 10.5 Å². The Morgan fingerprint density at radius 1 is 1.42 bits per heavy atom. The smallest absolute Gasteiger partial charge is 0.273 e. The van der Waals surface area contributed by atoms with E-state index in [1.807, 2.05) is 13.0 Å². The number of nitro benzene ring substituents is 1. The van der Waals surface area contributed by atoms with Crippen molar-refractivity contribution in [3.63, 3.8) is 0 Å². The summed E-state index contributed by atoms with van der Waals surface area (Å²) in [5.74, 6) is 0.297. The molecule has 0 aliphatic rings. The largest absolute Gasteiger partial charge is 0.484 e. The standard InChI is InChI=1S/C13H13N3O3/c1-9(10-3-2-6-15-8-10)19-13-7-11(16(17)18)4-5-12(13)14/h2-9H,14H2,1H3. The van der Waals surface area contributed by atoms with E-state index >= 15 is 0 Å². The maximum atomic E-state index is 10.7. The predicted molar refractivity (Wildman–Crippen MR) is 70.8 cm³/mol. The highest BCUT2D eigenvalue weighted by atomic mass is 16.6. The molecule has 19 heavy (non-hydrogen) atoms. The SMILES string of the molecule is CC(Oc1cc([N+](=O)[O-])ccc1N)c1cccnc1. The van der Waals surface area contributed by atoms with Crippen LogP contribution in [0.5, 0.6) is 5.75 Å². The van der Waals surface area contributed by atoms with Gasteiger partial charge in [-0.1, -0.05) is 6.07 Å². The lowest BCUT2D eigenvalue weighted by atomic mass is 10.2. The van der Waals surface area contributed by atoms with Crippen LogP contribution >= 0.6 is 0 Å². The number of non-ortho nitro benzene ring substituents is 1. The molecule has 1 unspecified atom stereocenters. The van der Waals surface area contributed by atoms with Crippen molar-refractivity contribution in [2.45, 2.75) is 13.0 Å². The highest BCUT2D eigenvalue weighted by Gasteiger charge is 2.13. The van der Waals surface area contributed by atoms with Crippen molar-refractivity contribution in [1.29, 1.82) is 0 Å². The molecule has 0 saturated carbocycles. The zero-order valence-corrected chi connectivity index (χ0v) is 10.3. The van der Waals surface area contributed by atoms with Crippen LogP contribution in [-0.4, -0.2) is 9.91 Å². The van der Waals surface area contributed by atoms with Crippen LogP contribution in [0.15, 0.2) is 42.7 Å². The van der Waals surface area contributed by atoms with E-state index in [0.717, 1.165) is 5.56 Å². The molecule has 2 aromatic rings. The number of benzene rings is 1. The quantitative estimate of drug-likeness (QED) is 0.517. The lowest BCUT2D eigenvalue weighted by Gasteiger charge is -2.15. The summed E-state index contributed by atoms with van der Waals surface area (Å²) in [4.78, 5) is 14.2. The van der Waals surface area contributed by atoms with Gasteiger partial charge in [-0.25, -0.2) is 0 Å². The summed E-state index contributed by atoms with van der Waals surface area (Å²) < 4.78 is 5.65. The Bertz CT molecular complexity index is 587. The Morgan fingerprint density at radius 2 is 2.21 bits per heavy atom. The molecule has 0 aliphatic heterocycles. The van der Waals surface area contributed by atoms with Gasteiger partial charge >= 0.3 is 0 Å². The van der Waals surface area contributed by atoms with Crippen LogP contribution in [-0.2, 0) is 0 Å². The van der Waals surface area contributed by atoms with Gasteiger partial charge in [-0.2, -0.15) is 0 Å². The molecular formula is C13H13N3O3. The molecule has 98 valence electrons. The molecule has 6 heteroatoms. The Balaban J connectivity index is 2.23. The second-order valence-corrected chi connectivity index (χ2v) is 4.03. The van der Waals surface area contributed by atoms with Gasteiger partial charge in [-0.15, -0.1) is 0 Å². The van der Waals surface area contributed by atoms with E-state index < -0.39 is 4.92 Å². The molecule has 1 aromatic carbocycles. The fourth-order valence-corrected chi connectivity index (χ4v) is 1.61. The minimum absolute atomic E-state index is 0.0532. The van der Waals surface area contributed by atoms with Crippen LogP contribution in [0.2, 0.25) is 0 Å². The molecule has 1 atom stereocenters. The first kappa shape index (κ1) is 12.8. The normalized spacial score (nSPS) is 11.8. The summed E-state index contributed by atoms with van der Waals surface area (Å²) in [6.07, 6.45) is 3.05. The fraction of sp³-hybridized carbons (Fsp3) is 0.154. The van der Waals surface area contributed by atoms with Crippen LogP contribution < -0.4 is 10.5 Å². The number of nitro groups is 1. The zero-order chi connectivity index (χ0) is 13.8. The molecule has 0 fully saturated rings. The van der Waals surface area contributed by atoms with Crippen LogP contribution in [0.4, 0.5) is 11.4 Å². The van der Waals surface area contributed by atoms with Crippen molar-refractivity contribution in [2.75, 3.05) is 5.73 Å². The summed E-state index contributed by atoms with van der Waals surface area (Å²) in [6.45, 7) is 1.83. The van der Waals surface area contributed by atoms with Gasteiger partial charge in [0.15, 0.2) is 0 Å². The molecule has 0 bridgehead atoms. The number of hydrogen-bond acceptors (Lipinski definition) is 5. The number of ether oxygens (including phenoxy) is 1. The molecule has 0 radical (unpaired) electrons. The molecule has 0 spiro atoms. The molecule has 0 aliphatic carbocycles. The van der Waals surface area contributed by atoms with Gasteiger partial charge in [0.25, 0.3) is 5.69 Å². The van der Waals surface area contributed by atoms with Gasteiger partial charge in [-0.05, 0) is 19.1 Å². The van der Waals surface area contributed by atoms with E-state index in [0.29, 0.717) is 11.4 Å². The first-order valence-electron chi connectivity index (χ1n) is 5.68. The second kappa shape index (κ2) is 5.34. The van der Waals surface area contributed by atoms with Crippen molar-refractivity contribution < 1.29 is 9.66 Å². The zero-order valence-electron chi connectivity index (χ0n) is 10.3. The third-order valence-electron chi connectivity index (χ3n) is 2.67. The number of hydrogen-bond donors (Lipinski definition) is 1. The monoisotopic (exact) mass is 259 g/mol. The van der Waals surface area contributed by atoms with Crippen molar-refractivity contribution in [2.24, 2.45) is 0 Å². The summed E-state index contributed by atoms with van der Waals surface area (Å²) in [5.41, 5.74) is 6.93. The van der Waals surface area contributed by atoms with Crippen molar-refractivity contribution >= 4 is 11.4 Å². The van der Waals surface area contributed by atoms with Gasteiger partial charge in [0, 0.05) is 24.0 Å². The van der Waals surface area contributed by atoms with Gasteiger partial charge in [0.2, 0.25) is 0 Å². The molecule has 1 heterocycles. The van der Waals surface area contributed by atoms with E-state index in [1.165, 1.54) is 18.2 Å². The molecule has 1 aromatic heterocycles. The van der Waals surface area contributed by atoms with Crippen LogP contribution in [0.25, 0.3) is 0 Å². The maximum absolute atomic E-state index is 10.7. The Labute approximate surface area is 110 Å². The highest BCUT2D eigenvalue weighted by molar-refractivity contribution is 5.57. The van der Waals surface area contributed by atoms with Gasteiger partial charge in [0.1, 0.15) is 11.9 Å². The van der Waals surface area contributed by atoms with Crippen molar-refractivity contribution in [3.8, 4) is 5.75 Å². The minimum atomic E-state index is -0.485. The summed E-state index contributed by atoms with van der Waals surface area (Å²) in [7, 11) is 0. The van der Waals surface area contributed by atoms with Crippen molar-refractivity contribution in [3.05, 3.63) is 58.4 Å². The number of aromatic nitrogens is 1. The molecular weight excluding hydrogens is 246 g/mol. The Kier molecular flexibility index (Phi) is 3.61. The van der Waals surface area contributed by atoms with Crippen molar-refractivity contribution in [1.82, 2.24) is 4.98 Å². The minimum Gasteiger partial charge on any atom is -0.484 e. The second-order valence-electron chi connectivity index (χ2n) is 4.03. The first-order chi connectivity index (χ1) is 9.08. The first-order valence-corrected chi connectivity index (χ1v) is 5.68. The third kappa shape index (κ3) is 2.98. The Hall–Kier alpha value is -2.63. The summed E-state index contributed by atoms with van der Waals surface area (Å²) in [6, 6.07) is 7.79. The average Bonchev–Trinajstić information content (AvgIpc) is 2.42. The predicted octanol–water partition coefficient (Wildman–Crippen LogP) is 2.71. The molecule has 2 rings (SSSR count). The number of nitrogens with two attached hydrogens (primary N) is 1. The van der Waals surface area contributed by atoms with E-state index in [4.69, 9.17) is 10.5 Å². The molecule has 0 amide bonds. The van der Waals surface area contributed by atoms with E-state index in [2.05, 4.69) is 4.98 Å². The van der Waals surface area contributed by atoms with E-state index in [9.17, 15) is 10.1 Å². The van der Waals surface area contributed by atoms with E-state index in [-0.39, 0.29) is 11.8 Å². The lowest BCUT2D eigenvalue weighted by molar-refractivity contribution is -0.384. The third-order valence-corrected chi connectivity index (χ3v) is 2.67. The number of nitrogens with zero attached hydrogens (tertiary/aromatic N) is 2. The fourth-order valence-electron chi connectivity index (χ4n) is 1.61.